The molecular formula is C20H20N2. The van der Waals surface area contributed by atoms with Gasteiger partial charge in [-0.1, -0.05) is 74.0 Å². The Balaban J connectivity index is 2.50. The third kappa shape index (κ3) is 3.54. The highest BCUT2D eigenvalue weighted by Gasteiger charge is 2.31. The number of nitriles is 2. The fourth-order valence-corrected chi connectivity index (χ4v) is 3.09. The SMILES string of the molecule is CCCC(c1ccccc1)C(c1ccccc1)C(C#N)C#N. The number of nitrogens with zero attached hydrogens (tertiary/aromatic N) is 2. The average molecular weight is 288 g/mol. The van der Waals surface area contributed by atoms with Crippen molar-refractivity contribution >= 4 is 0 Å². The molecule has 0 fully saturated rings. The average Bonchev–Trinajstić information content (AvgIpc) is 2.59. The van der Waals surface area contributed by atoms with Gasteiger partial charge in [-0.3, -0.25) is 0 Å². The van der Waals surface area contributed by atoms with Crippen LogP contribution in [0.3, 0.4) is 0 Å². The molecule has 0 aliphatic carbocycles. The molecule has 0 saturated carbocycles. The molecule has 0 N–H and O–H groups in total. The van der Waals surface area contributed by atoms with E-state index >= 15 is 0 Å². The number of benzene rings is 2. The lowest BCUT2D eigenvalue weighted by Gasteiger charge is -2.28. The van der Waals surface area contributed by atoms with Crippen LogP contribution < -0.4 is 0 Å². The Bertz CT molecular complexity index is 636. The van der Waals surface area contributed by atoms with Gasteiger partial charge in [-0.15, -0.1) is 0 Å². The minimum atomic E-state index is -0.640. The zero-order valence-corrected chi connectivity index (χ0v) is 12.8. The lowest BCUT2D eigenvalue weighted by Crippen LogP contribution is -2.19. The summed E-state index contributed by atoms with van der Waals surface area (Å²) >= 11 is 0. The molecule has 0 radical (unpaired) electrons. The molecule has 0 aromatic heterocycles. The summed E-state index contributed by atoms with van der Waals surface area (Å²) in [6.07, 6.45) is 1.98. The summed E-state index contributed by atoms with van der Waals surface area (Å²) in [5, 5.41) is 18.9. The summed E-state index contributed by atoms with van der Waals surface area (Å²) in [7, 11) is 0. The summed E-state index contributed by atoms with van der Waals surface area (Å²) in [4.78, 5) is 0. The van der Waals surface area contributed by atoms with Gasteiger partial charge in [0.2, 0.25) is 0 Å². The summed E-state index contributed by atoms with van der Waals surface area (Å²) < 4.78 is 0. The van der Waals surface area contributed by atoms with Gasteiger partial charge in [0, 0.05) is 5.92 Å². The van der Waals surface area contributed by atoms with Crippen molar-refractivity contribution in [1.29, 1.82) is 10.5 Å². The Hall–Kier alpha value is -2.58. The van der Waals surface area contributed by atoms with E-state index in [0.717, 1.165) is 18.4 Å². The van der Waals surface area contributed by atoms with E-state index in [2.05, 4.69) is 31.2 Å². The Morgan fingerprint density at radius 1 is 0.818 bits per heavy atom. The summed E-state index contributed by atoms with van der Waals surface area (Å²) in [6.45, 7) is 2.14. The normalized spacial score (nSPS) is 13.1. The molecule has 0 saturated heterocycles. The minimum absolute atomic E-state index is 0.0986. The van der Waals surface area contributed by atoms with Gasteiger partial charge < -0.3 is 0 Å². The summed E-state index contributed by atoms with van der Waals surface area (Å²) in [5.41, 5.74) is 2.27. The van der Waals surface area contributed by atoms with Crippen LogP contribution in [0.2, 0.25) is 0 Å². The van der Waals surface area contributed by atoms with Gasteiger partial charge in [0.05, 0.1) is 12.1 Å². The Morgan fingerprint density at radius 2 is 1.32 bits per heavy atom. The highest BCUT2D eigenvalue weighted by molar-refractivity contribution is 5.32. The van der Waals surface area contributed by atoms with Gasteiger partial charge in [-0.05, 0) is 23.5 Å². The smallest absolute Gasteiger partial charge is 0.140 e. The van der Waals surface area contributed by atoms with Gasteiger partial charge in [-0.2, -0.15) is 10.5 Å². The first-order valence-corrected chi connectivity index (χ1v) is 7.71. The van der Waals surface area contributed by atoms with Crippen molar-refractivity contribution < 1.29 is 0 Å². The molecule has 0 bridgehead atoms. The van der Waals surface area contributed by atoms with Crippen molar-refractivity contribution in [1.82, 2.24) is 0 Å². The first-order chi connectivity index (χ1) is 10.8. The molecule has 22 heavy (non-hydrogen) atoms. The number of rotatable bonds is 6. The topological polar surface area (TPSA) is 47.6 Å². The molecule has 110 valence electrons. The van der Waals surface area contributed by atoms with Gasteiger partial charge in [-0.25, -0.2) is 0 Å². The van der Waals surface area contributed by atoms with Gasteiger partial charge in [0.25, 0.3) is 0 Å². The van der Waals surface area contributed by atoms with Crippen molar-refractivity contribution in [2.45, 2.75) is 31.6 Å². The molecule has 2 aromatic rings. The van der Waals surface area contributed by atoms with E-state index in [9.17, 15) is 10.5 Å². The van der Waals surface area contributed by atoms with Crippen LogP contribution in [0.5, 0.6) is 0 Å². The molecule has 2 unspecified atom stereocenters. The zero-order chi connectivity index (χ0) is 15.8. The van der Waals surface area contributed by atoms with Crippen molar-refractivity contribution in [3.63, 3.8) is 0 Å². The highest BCUT2D eigenvalue weighted by atomic mass is 14.4. The maximum Gasteiger partial charge on any atom is 0.140 e. The van der Waals surface area contributed by atoms with Crippen molar-refractivity contribution in [3.8, 4) is 12.1 Å². The molecule has 0 amide bonds. The van der Waals surface area contributed by atoms with Crippen LogP contribution in [0.25, 0.3) is 0 Å². The molecule has 0 spiro atoms. The maximum atomic E-state index is 9.45. The number of hydrogen-bond donors (Lipinski definition) is 0. The third-order valence-corrected chi connectivity index (χ3v) is 4.08. The molecular weight excluding hydrogens is 268 g/mol. The fraction of sp³-hybridized carbons (Fsp3) is 0.300. The fourth-order valence-electron chi connectivity index (χ4n) is 3.09. The van der Waals surface area contributed by atoms with Crippen LogP contribution in [0.4, 0.5) is 0 Å². The second kappa shape index (κ2) is 8.01. The Labute approximate surface area is 132 Å². The first kappa shape index (κ1) is 15.8. The van der Waals surface area contributed by atoms with E-state index < -0.39 is 5.92 Å². The minimum Gasteiger partial charge on any atom is -0.197 e. The molecule has 0 heterocycles. The first-order valence-electron chi connectivity index (χ1n) is 7.71. The molecule has 2 nitrogen and oxygen atoms in total. The van der Waals surface area contributed by atoms with Crippen molar-refractivity contribution in [2.75, 3.05) is 0 Å². The van der Waals surface area contributed by atoms with Crippen LogP contribution >= 0.6 is 0 Å². The third-order valence-electron chi connectivity index (χ3n) is 4.08. The van der Waals surface area contributed by atoms with Crippen molar-refractivity contribution in [2.24, 2.45) is 5.92 Å². The number of hydrogen-bond acceptors (Lipinski definition) is 2. The van der Waals surface area contributed by atoms with E-state index in [4.69, 9.17) is 0 Å². The van der Waals surface area contributed by atoms with Crippen LogP contribution in [0.1, 0.15) is 42.7 Å². The lowest BCUT2D eigenvalue weighted by molar-refractivity contribution is 0.460. The predicted molar refractivity (Wildman–Crippen MR) is 88.0 cm³/mol. The van der Waals surface area contributed by atoms with Gasteiger partial charge >= 0.3 is 0 Å². The van der Waals surface area contributed by atoms with Gasteiger partial charge in [0.1, 0.15) is 5.92 Å². The zero-order valence-electron chi connectivity index (χ0n) is 12.8. The van der Waals surface area contributed by atoms with Crippen LogP contribution in [0.15, 0.2) is 60.7 Å². The maximum absolute atomic E-state index is 9.45. The molecule has 0 aliphatic heterocycles. The second-order valence-corrected chi connectivity index (χ2v) is 5.48. The van der Waals surface area contributed by atoms with E-state index in [-0.39, 0.29) is 11.8 Å². The van der Waals surface area contributed by atoms with Crippen LogP contribution in [-0.2, 0) is 0 Å². The standard InChI is InChI=1S/C20H20N2/c1-2-9-19(16-10-5-3-6-11-16)20(18(14-21)15-22)17-12-7-4-8-13-17/h3-8,10-13,18-20H,2,9H2,1H3. The van der Waals surface area contributed by atoms with Crippen LogP contribution in [-0.4, -0.2) is 0 Å². The van der Waals surface area contributed by atoms with E-state index in [1.54, 1.807) is 0 Å². The largest absolute Gasteiger partial charge is 0.197 e. The van der Waals surface area contributed by atoms with Gasteiger partial charge in [0.15, 0.2) is 0 Å². The van der Waals surface area contributed by atoms with E-state index in [0.29, 0.717) is 0 Å². The molecule has 2 atom stereocenters. The van der Waals surface area contributed by atoms with Crippen molar-refractivity contribution in [3.05, 3.63) is 71.8 Å². The summed E-state index contributed by atoms with van der Waals surface area (Å²) in [6, 6.07) is 24.6. The summed E-state index contributed by atoms with van der Waals surface area (Å²) in [5.74, 6) is -0.560. The Kier molecular flexibility index (Phi) is 5.75. The van der Waals surface area contributed by atoms with E-state index in [1.165, 1.54) is 5.56 Å². The van der Waals surface area contributed by atoms with E-state index in [1.807, 2.05) is 48.5 Å². The quantitative estimate of drug-likeness (QED) is 0.749. The predicted octanol–water partition coefficient (Wildman–Crippen LogP) is 5.02. The second-order valence-electron chi connectivity index (χ2n) is 5.48. The molecule has 2 heteroatoms. The monoisotopic (exact) mass is 288 g/mol. The lowest BCUT2D eigenvalue weighted by atomic mass is 9.73. The molecule has 2 rings (SSSR count). The molecule has 2 aromatic carbocycles. The Morgan fingerprint density at radius 3 is 1.77 bits per heavy atom. The molecule has 0 aliphatic rings. The highest BCUT2D eigenvalue weighted by Crippen LogP contribution is 2.41. The van der Waals surface area contributed by atoms with Crippen LogP contribution in [0, 0.1) is 28.6 Å².